The van der Waals surface area contributed by atoms with Crippen LogP contribution in [0.5, 0.6) is 5.75 Å². The first-order chi connectivity index (χ1) is 11.8. The molecule has 130 valence electrons. The van der Waals surface area contributed by atoms with Crippen molar-refractivity contribution >= 4 is 5.69 Å². The highest BCUT2D eigenvalue weighted by Crippen LogP contribution is 2.29. The SMILES string of the molecule is COc1ccccc1N1CCC[C@@H](N[C@H](C)CCn2cncn2)C1. The molecule has 1 N–H and O–H groups in total. The first kappa shape index (κ1) is 16.8. The Kier molecular flexibility index (Phi) is 5.69. The van der Waals surface area contributed by atoms with Gasteiger partial charge in [-0.15, -0.1) is 0 Å². The number of hydrogen-bond donors (Lipinski definition) is 1. The Bertz CT molecular complexity index is 616. The molecule has 6 nitrogen and oxygen atoms in total. The lowest BCUT2D eigenvalue weighted by Gasteiger charge is -2.36. The van der Waals surface area contributed by atoms with Gasteiger partial charge >= 0.3 is 0 Å². The predicted octanol–water partition coefficient (Wildman–Crippen LogP) is 2.32. The zero-order valence-electron chi connectivity index (χ0n) is 14.6. The van der Waals surface area contributed by atoms with E-state index in [0.29, 0.717) is 12.1 Å². The van der Waals surface area contributed by atoms with Crippen molar-refractivity contribution in [1.82, 2.24) is 20.1 Å². The second-order valence-corrected chi connectivity index (χ2v) is 6.47. The standard InChI is InChI=1S/C18H27N5O/c1-15(9-11-23-14-19-13-20-23)21-16-6-5-10-22(12-16)17-7-3-4-8-18(17)24-2/h3-4,7-8,13-16,21H,5-6,9-12H2,1-2H3/t15-,16-/m1/s1. The third-order valence-corrected chi connectivity index (χ3v) is 4.63. The van der Waals surface area contributed by atoms with Crippen LogP contribution in [0.3, 0.4) is 0 Å². The highest BCUT2D eigenvalue weighted by Gasteiger charge is 2.23. The van der Waals surface area contributed by atoms with Crippen LogP contribution in [0.25, 0.3) is 0 Å². The number of nitrogens with zero attached hydrogens (tertiary/aromatic N) is 4. The number of nitrogens with one attached hydrogen (secondary N) is 1. The van der Waals surface area contributed by atoms with Gasteiger partial charge in [-0.1, -0.05) is 12.1 Å². The Morgan fingerprint density at radius 1 is 1.38 bits per heavy atom. The molecule has 1 fully saturated rings. The fraction of sp³-hybridized carbons (Fsp3) is 0.556. The molecule has 0 saturated carbocycles. The van der Waals surface area contributed by atoms with Gasteiger partial charge in [0.2, 0.25) is 0 Å². The van der Waals surface area contributed by atoms with E-state index in [1.807, 2.05) is 16.8 Å². The first-order valence-corrected chi connectivity index (χ1v) is 8.72. The molecule has 1 aromatic heterocycles. The van der Waals surface area contributed by atoms with Crippen LogP contribution in [0, 0.1) is 0 Å². The third-order valence-electron chi connectivity index (χ3n) is 4.63. The van der Waals surface area contributed by atoms with Crippen molar-refractivity contribution in [3.63, 3.8) is 0 Å². The monoisotopic (exact) mass is 329 g/mol. The molecule has 1 aliphatic rings. The fourth-order valence-electron chi connectivity index (χ4n) is 3.38. The molecule has 1 aromatic carbocycles. The lowest BCUT2D eigenvalue weighted by molar-refractivity contribution is 0.357. The Morgan fingerprint density at radius 2 is 2.25 bits per heavy atom. The number of rotatable bonds is 7. The minimum atomic E-state index is 0.455. The number of para-hydroxylation sites is 2. The van der Waals surface area contributed by atoms with E-state index in [4.69, 9.17) is 4.74 Å². The minimum absolute atomic E-state index is 0.455. The van der Waals surface area contributed by atoms with Crippen LogP contribution in [-0.2, 0) is 6.54 Å². The van der Waals surface area contributed by atoms with E-state index in [2.05, 4.69) is 39.4 Å². The maximum absolute atomic E-state index is 5.52. The Hall–Kier alpha value is -2.08. The largest absolute Gasteiger partial charge is 0.495 e. The van der Waals surface area contributed by atoms with Gasteiger partial charge in [0.15, 0.2) is 0 Å². The summed E-state index contributed by atoms with van der Waals surface area (Å²) in [6.07, 6.45) is 6.83. The molecule has 2 heterocycles. The summed E-state index contributed by atoms with van der Waals surface area (Å²) in [5, 5.41) is 7.94. The lowest BCUT2D eigenvalue weighted by atomic mass is 10.0. The van der Waals surface area contributed by atoms with E-state index >= 15 is 0 Å². The van der Waals surface area contributed by atoms with Gasteiger partial charge < -0.3 is 15.0 Å². The van der Waals surface area contributed by atoms with Crippen molar-refractivity contribution in [3.8, 4) is 5.75 Å². The van der Waals surface area contributed by atoms with Crippen LogP contribution in [0.1, 0.15) is 26.2 Å². The molecule has 0 unspecified atom stereocenters. The number of benzene rings is 1. The van der Waals surface area contributed by atoms with Gasteiger partial charge in [0, 0.05) is 31.7 Å². The number of aryl methyl sites for hydroxylation is 1. The zero-order valence-corrected chi connectivity index (χ0v) is 14.6. The summed E-state index contributed by atoms with van der Waals surface area (Å²) in [7, 11) is 1.74. The Morgan fingerprint density at radius 3 is 3.04 bits per heavy atom. The third kappa shape index (κ3) is 4.26. The van der Waals surface area contributed by atoms with E-state index < -0.39 is 0 Å². The topological polar surface area (TPSA) is 55.2 Å². The van der Waals surface area contributed by atoms with Crippen molar-refractivity contribution in [2.45, 2.75) is 44.8 Å². The molecule has 2 aromatic rings. The zero-order chi connectivity index (χ0) is 16.8. The molecule has 0 bridgehead atoms. The Balaban J connectivity index is 1.53. The van der Waals surface area contributed by atoms with Crippen LogP contribution < -0.4 is 15.0 Å². The number of methoxy groups -OCH3 is 1. The maximum Gasteiger partial charge on any atom is 0.142 e. The van der Waals surface area contributed by atoms with Crippen molar-refractivity contribution in [3.05, 3.63) is 36.9 Å². The number of ether oxygens (including phenoxy) is 1. The molecule has 2 atom stereocenters. The molecule has 3 rings (SSSR count). The number of hydrogen-bond acceptors (Lipinski definition) is 5. The van der Waals surface area contributed by atoms with Gasteiger partial charge in [-0.25, -0.2) is 4.98 Å². The van der Waals surface area contributed by atoms with Crippen LogP contribution in [-0.4, -0.2) is 47.0 Å². The van der Waals surface area contributed by atoms with Gasteiger partial charge in [0.25, 0.3) is 0 Å². The average molecular weight is 329 g/mol. The predicted molar refractivity (Wildman–Crippen MR) is 95.5 cm³/mol. The second-order valence-electron chi connectivity index (χ2n) is 6.47. The number of piperidine rings is 1. The summed E-state index contributed by atoms with van der Waals surface area (Å²) in [6, 6.07) is 9.25. The molecule has 0 radical (unpaired) electrons. The summed E-state index contributed by atoms with van der Waals surface area (Å²) in [5.41, 5.74) is 1.20. The molecular formula is C18H27N5O. The smallest absolute Gasteiger partial charge is 0.142 e. The molecule has 0 aliphatic carbocycles. The van der Waals surface area contributed by atoms with Crippen LogP contribution in [0.2, 0.25) is 0 Å². The summed E-state index contributed by atoms with van der Waals surface area (Å²) in [6.45, 7) is 5.26. The van der Waals surface area contributed by atoms with Crippen LogP contribution in [0.15, 0.2) is 36.9 Å². The highest BCUT2D eigenvalue weighted by atomic mass is 16.5. The molecular weight excluding hydrogens is 302 g/mol. The average Bonchev–Trinajstić information content (AvgIpc) is 3.14. The summed E-state index contributed by atoms with van der Waals surface area (Å²) >= 11 is 0. The van der Waals surface area contributed by atoms with E-state index in [0.717, 1.165) is 31.8 Å². The van der Waals surface area contributed by atoms with Gasteiger partial charge in [-0.3, -0.25) is 4.68 Å². The van der Waals surface area contributed by atoms with E-state index in [9.17, 15) is 0 Å². The van der Waals surface area contributed by atoms with Crippen molar-refractivity contribution in [2.24, 2.45) is 0 Å². The highest BCUT2D eigenvalue weighted by molar-refractivity contribution is 5.58. The summed E-state index contributed by atoms with van der Waals surface area (Å²) in [5.74, 6) is 0.956. The van der Waals surface area contributed by atoms with Gasteiger partial charge in [0.05, 0.1) is 12.8 Å². The molecule has 1 aliphatic heterocycles. The van der Waals surface area contributed by atoms with Crippen molar-refractivity contribution in [2.75, 3.05) is 25.1 Å². The van der Waals surface area contributed by atoms with E-state index in [1.54, 1.807) is 19.8 Å². The quantitative estimate of drug-likeness (QED) is 0.845. The van der Waals surface area contributed by atoms with Crippen LogP contribution in [0.4, 0.5) is 5.69 Å². The van der Waals surface area contributed by atoms with Gasteiger partial charge in [0.1, 0.15) is 18.4 Å². The lowest BCUT2D eigenvalue weighted by Crippen LogP contribution is -2.48. The fourth-order valence-corrected chi connectivity index (χ4v) is 3.38. The number of anilines is 1. The van der Waals surface area contributed by atoms with Gasteiger partial charge in [-0.2, -0.15) is 5.10 Å². The first-order valence-electron chi connectivity index (χ1n) is 8.72. The minimum Gasteiger partial charge on any atom is -0.495 e. The summed E-state index contributed by atoms with van der Waals surface area (Å²) < 4.78 is 7.41. The van der Waals surface area contributed by atoms with Crippen molar-refractivity contribution in [1.29, 1.82) is 0 Å². The summed E-state index contributed by atoms with van der Waals surface area (Å²) in [4.78, 5) is 6.42. The van der Waals surface area contributed by atoms with E-state index in [-0.39, 0.29) is 0 Å². The number of aromatic nitrogens is 3. The second kappa shape index (κ2) is 8.15. The normalized spacial score (nSPS) is 19.2. The van der Waals surface area contributed by atoms with Crippen LogP contribution >= 0.6 is 0 Å². The molecule has 1 saturated heterocycles. The van der Waals surface area contributed by atoms with Crippen molar-refractivity contribution < 1.29 is 4.74 Å². The molecule has 6 heteroatoms. The molecule has 24 heavy (non-hydrogen) atoms. The molecule has 0 spiro atoms. The maximum atomic E-state index is 5.52. The Labute approximate surface area is 143 Å². The molecule has 0 amide bonds. The van der Waals surface area contributed by atoms with E-state index in [1.165, 1.54) is 18.5 Å². The van der Waals surface area contributed by atoms with Gasteiger partial charge in [-0.05, 0) is 38.3 Å².